The second-order valence-electron chi connectivity index (χ2n) is 4.45. The number of amides is 2. The smallest absolute Gasteiger partial charge is 0.416 e. The summed E-state index contributed by atoms with van der Waals surface area (Å²) in [5.74, 6) is -1.60. The molecular weight excluding hydrogens is 277 g/mol. The monoisotopic (exact) mass is 288 g/mol. The van der Waals surface area contributed by atoms with Crippen molar-refractivity contribution in [2.24, 2.45) is 5.92 Å². The van der Waals surface area contributed by atoms with Crippen LogP contribution in [0.15, 0.2) is 24.3 Å². The normalized spacial score (nSPS) is 15.7. The maximum Gasteiger partial charge on any atom is 0.416 e. The first kappa shape index (κ1) is 14.2. The summed E-state index contributed by atoms with van der Waals surface area (Å²) in [6.07, 6.45) is -4.48. The number of carbonyl (C=O) groups is 2. The predicted octanol–water partition coefficient (Wildman–Crippen LogP) is 2.25. The number of anilines is 1. The number of benzene rings is 1. The Bertz CT molecular complexity index is 539. The Kier molecular flexibility index (Phi) is 3.56. The van der Waals surface area contributed by atoms with Gasteiger partial charge in [-0.25, -0.2) is 4.79 Å². The number of likely N-dealkylation sites (tertiary alicyclic amines) is 1. The third-order valence-electron chi connectivity index (χ3n) is 2.96. The molecule has 1 heterocycles. The number of hydrogen-bond donors (Lipinski definition) is 2. The van der Waals surface area contributed by atoms with Crippen molar-refractivity contribution in [2.45, 2.75) is 6.18 Å². The number of hydrogen-bond acceptors (Lipinski definition) is 2. The number of nitrogens with zero attached hydrogens (tertiary/aromatic N) is 1. The van der Waals surface area contributed by atoms with Crippen molar-refractivity contribution in [1.82, 2.24) is 4.90 Å². The number of aliphatic carboxylic acids is 1. The lowest BCUT2D eigenvalue weighted by Crippen LogP contribution is -2.54. The van der Waals surface area contributed by atoms with Gasteiger partial charge in [0.1, 0.15) is 0 Å². The van der Waals surface area contributed by atoms with Gasteiger partial charge in [0.05, 0.1) is 11.5 Å². The molecule has 1 saturated heterocycles. The van der Waals surface area contributed by atoms with Gasteiger partial charge in [-0.1, -0.05) is 6.07 Å². The summed E-state index contributed by atoms with van der Waals surface area (Å²) in [4.78, 5) is 23.5. The fourth-order valence-electron chi connectivity index (χ4n) is 1.78. The topological polar surface area (TPSA) is 69.6 Å². The number of nitrogens with one attached hydrogen (secondary N) is 1. The van der Waals surface area contributed by atoms with E-state index in [-0.39, 0.29) is 18.8 Å². The number of halogens is 3. The Morgan fingerprint density at radius 2 is 1.95 bits per heavy atom. The first-order valence-corrected chi connectivity index (χ1v) is 5.73. The predicted molar refractivity (Wildman–Crippen MR) is 63.2 cm³/mol. The molecule has 0 saturated carbocycles. The Hall–Kier alpha value is -2.25. The van der Waals surface area contributed by atoms with E-state index in [1.54, 1.807) is 0 Å². The van der Waals surface area contributed by atoms with Crippen molar-refractivity contribution in [1.29, 1.82) is 0 Å². The molecule has 2 N–H and O–H groups in total. The lowest BCUT2D eigenvalue weighted by Gasteiger charge is -2.36. The summed E-state index contributed by atoms with van der Waals surface area (Å²) in [7, 11) is 0. The molecule has 0 unspecified atom stereocenters. The van der Waals surface area contributed by atoms with Gasteiger partial charge in [-0.2, -0.15) is 13.2 Å². The molecule has 1 aliphatic rings. The van der Waals surface area contributed by atoms with Crippen LogP contribution < -0.4 is 5.32 Å². The largest absolute Gasteiger partial charge is 0.481 e. The van der Waals surface area contributed by atoms with Crippen LogP contribution in [0.2, 0.25) is 0 Å². The number of carboxylic acid groups (broad SMARTS) is 1. The molecule has 0 atom stereocenters. The van der Waals surface area contributed by atoms with Crippen LogP contribution in [0, 0.1) is 5.92 Å². The van der Waals surface area contributed by atoms with Crippen molar-refractivity contribution >= 4 is 17.7 Å². The van der Waals surface area contributed by atoms with Crippen LogP contribution in [0.5, 0.6) is 0 Å². The lowest BCUT2D eigenvalue weighted by atomic mass is 10.0. The van der Waals surface area contributed by atoms with Crippen LogP contribution in [-0.4, -0.2) is 35.1 Å². The Labute approximate surface area is 112 Å². The molecule has 2 rings (SSSR count). The van der Waals surface area contributed by atoms with Crippen LogP contribution in [0.3, 0.4) is 0 Å². The molecule has 1 fully saturated rings. The highest BCUT2D eigenvalue weighted by Gasteiger charge is 2.36. The first-order chi connectivity index (χ1) is 9.27. The van der Waals surface area contributed by atoms with Crippen LogP contribution in [0.25, 0.3) is 0 Å². The minimum atomic E-state index is -4.48. The molecule has 8 heteroatoms. The summed E-state index contributed by atoms with van der Waals surface area (Å²) in [6, 6.07) is 3.64. The fourth-order valence-corrected chi connectivity index (χ4v) is 1.78. The van der Waals surface area contributed by atoms with Crippen molar-refractivity contribution in [3.8, 4) is 0 Å². The number of urea groups is 1. The van der Waals surface area contributed by atoms with Gasteiger partial charge in [-0.05, 0) is 18.2 Å². The van der Waals surface area contributed by atoms with Gasteiger partial charge in [0.15, 0.2) is 0 Å². The van der Waals surface area contributed by atoms with Gasteiger partial charge < -0.3 is 15.3 Å². The van der Waals surface area contributed by atoms with Gasteiger partial charge >= 0.3 is 18.2 Å². The molecule has 1 aromatic carbocycles. The SMILES string of the molecule is O=C(O)C1CN(C(=O)Nc2cccc(C(F)(F)F)c2)C1. The highest BCUT2D eigenvalue weighted by molar-refractivity contribution is 5.91. The molecule has 0 bridgehead atoms. The number of rotatable bonds is 2. The second kappa shape index (κ2) is 5.03. The summed E-state index contributed by atoms with van der Waals surface area (Å²) < 4.78 is 37.5. The zero-order chi connectivity index (χ0) is 14.9. The van der Waals surface area contributed by atoms with E-state index in [1.165, 1.54) is 17.0 Å². The molecule has 2 amide bonds. The zero-order valence-corrected chi connectivity index (χ0v) is 10.1. The molecule has 108 valence electrons. The van der Waals surface area contributed by atoms with E-state index in [4.69, 9.17) is 5.11 Å². The number of alkyl halides is 3. The summed E-state index contributed by atoms with van der Waals surface area (Å²) in [6.45, 7) is 0.111. The Morgan fingerprint density at radius 3 is 2.50 bits per heavy atom. The van der Waals surface area contributed by atoms with E-state index in [9.17, 15) is 22.8 Å². The summed E-state index contributed by atoms with van der Waals surface area (Å²) in [5.41, 5.74) is -0.842. The molecular formula is C12H11F3N2O3. The highest BCUT2D eigenvalue weighted by Crippen LogP contribution is 2.30. The molecule has 5 nitrogen and oxygen atoms in total. The first-order valence-electron chi connectivity index (χ1n) is 5.73. The van der Waals surface area contributed by atoms with E-state index >= 15 is 0 Å². The number of carboxylic acids is 1. The molecule has 20 heavy (non-hydrogen) atoms. The third-order valence-corrected chi connectivity index (χ3v) is 2.96. The molecule has 0 aromatic heterocycles. The van der Waals surface area contributed by atoms with Gasteiger partial charge in [0.25, 0.3) is 0 Å². The van der Waals surface area contributed by atoms with Crippen LogP contribution in [0.1, 0.15) is 5.56 Å². The lowest BCUT2D eigenvalue weighted by molar-refractivity contribution is -0.146. The molecule has 0 radical (unpaired) electrons. The average Bonchev–Trinajstić information content (AvgIpc) is 2.25. The molecule has 1 aromatic rings. The Morgan fingerprint density at radius 1 is 1.30 bits per heavy atom. The van der Waals surface area contributed by atoms with Gasteiger partial charge in [-0.15, -0.1) is 0 Å². The van der Waals surface area contributed by atoms with E-state index in [2.05, 4.69) is 5.32 Å². The van der Waals surface area contributed by atoms with E-state index in [0.717, 1.165) is 12.1 Å². The standard InChI is InChI=1S/C12H11F3N2O3/c13-12(14,15)8-2-1-3-9(4-8)16-11(20)17-5-7(6-17)10(18)19/h1-4,7H,5-6H2,(H,16,20)(H,18,19). The molecule has 0 aliphatic carbocycles. The molecule has 1 aliphatic heterocycles. The van der Waals surface area contributed by atoms with E-state index in [0.29, 0.717) is 0 Å². The van der Waals surface area contributed by atoms with Crippen molar-refractivity contribution in [3.05, 3.63) is 29.8 Å². The maximum absolute atomic E-state index is 12.5. The number of carbonyl (C=O) groups excluding carboxylic acids is 1. The maximum atomic E-state index is 12.5. The van der Waals surface area contributed by atoms with Gasteiger partial charge in [0, 0.05) is 18.8 Å². The minimum absolute atomic E-state index is 0.0172. The highest BCUT2D eigenvalue weighted by atomic mass is 19.4. The van der Waals surface area contributed by atoms with Crippen LogP contribution >= 0.6 is 0 Å². The van der Waals surface area contributed by atoms with Crippen molar-refractivity contribution in [3.63, 3.8) is 0 Å². The quantitative estimate of drug-likeness (QED) is 0.877. The van der Waals surface area contributed by atoms with Crippen LogP contribution in [-0.2, 0) is 11.0 Å². The van der Waals surface area contributed by atoms with E-state index < -0.39 is 29.7 Å². The summed E-state index contributed by atoms with van der Waals surface area (Å²) >= 11 is 0. The fraction of sp³-hybridized carbons (Fsp3) is 0.333. The zero-order valence-electron chi connectivity index (χ0n) is 10.1. The van der Waals surface area contributed by atoms with Crippen molar-refractivity contribution < 1.29 is 27.9 Å². The van der Waals surface area contributed by atoms with E-state index in [1.807, 2.05) is 0 Å². The van der Waals surface area contributed by atoms with Gasteiger partial charge in [-0.3, -0.25) is 4.79 Å². The van der Waals surface area contributed by atoms with Gasteiger partial charge in [0.2, 0.25) is 0 Å². The van der Waals surface area contributed by atoms with Crippen LogP contribution in [0.4, 0.5) is 23.7 Å². The van der Waals surface area contributed by atoms with Crippen molar-refractivity contribution in [2.75, 3.05) is 18.4 Å². The second-order valence-corrected chi connectivity index (χ2v) is 4.45. The third kappa shape index (κ3) is 3.01. The minimum Gasteiger partial charge on any atom is -0.481 e. The summed E-state index contributed by atoms with van der Waals surface area (Å²) in [5, 5.41) is 11.0. The average molecular weight is 288 g/mol. The molecule has 0 spiro atoms. The Balaban J connectivity index is 1.97.